The molecule has 148 valence electrons. The number of hydrogen-bond donors (Lipinski definition) is 2. The molecule has 1 aliphatic rings. The normalized spacial score (nSPS) is 12.2. The van der Waals surface area contributed by atoms with Crippen LogP contribution in [0.15, 0.2) is 60.7 Å². The summed E-state index contributed by atoms with van der Waals surface area (Å²) < 4.78 is 16.3. The van der Waals surface area contributed by atoms with E-state index in [0.717, 1.165) is 11.4 Å². The summed E-state index contributed by atoms with van der Waals surface area (Å²) in [5.41, 5.74) is 2.45. The van der Waals surface area contributed by atoms with Crippen LogP contribution in [0.3, 0.4) is 0 Å². The lowest BCUT2D eigenvalue weighted by atomic mass is 10.1. The Morgan fingerprint density at radius 1 is 0.966 bits per heavy atom. The first-order valence-electron chi connectivity index (χ1n) is 9.04. The molecule has 3 aromatic carbocycles. The second-order valence-electron chi connectivity index (χ2n) is 6.33. The Morgan fingerprint density at radius 2 is 1.66 bits per heavy atom. The van der Waals surface area contributed by atoms with E-state index in [0.29, 0.717) is 46.7 Å². The van der Waals surface area contributed by atoms with Crippen molar-refractivity contribution in [3.63, 3.8) is 0 Å². The molecule has 2 N–H and O–H groups in total. The number of ether oxygens (including phenoxy) is 3. The Balaban J connectivity index is 1.56. The van der Waals surface area contributed by atoms with E-state index in [4.69, 9.17) is 25.8 Å². The fourth-order valence-electron chi connectivity index (χ4n) is 2.97. The molecule has 0 aliphatic carbocycles. The van der Waals surface area contributed by atoms with Crippen molar-refractivity contribution in [2.45, 2.75) is 0 Å². The van der Waals surface area contributed by atoms with Crippen molar-refractivity contribution < 1.29 is 19.0 Å². The van der Waals surface area contributed by atoms with Crippen LogP contribution in [0.5, 0.6) is 17.2 Å². The van der Waals surface area contributed by atoms with Gasteiger partial charge in [-0.05, 0) is 36.4 Å². The first-order chi connectivity index (χ1) is 14.1. The van der Waals surface area contributed by atoms with E-state index in [1.165, 1.54) is 0 Å². The first-order valence-corrected chi connectivity index (χ1v) is 9.42. The Bertz CT molecular complexity index is 1040. The topological polar surface area (TPSA) is 68.8 Å². The summed E-state index contributed by atoms with van der Waals surface area (Å²) >= 11 is 6.31. The van der Waals surface area contributed by atoms with Crippen molar-refractivity contribution >= 4 is 34.6 Å². The number of carbonyl (C=O) groups excluding carboxylic acids is 1. The summed E-state index contributed by atoms with van der Waals surface area (Å²) in [4.78, 5) is 12.9. The SMILES string of the molecule is COc1ccc(Nc2ccccc2C(=O)Nc2cc3c(cc2Cl)OCCO3)cc1. The van der Waals surface area contributed by atoms with Crippen LogP contribution in [-0.2, 0) is 0 Å². The molecule has 0 saturated carbocycles. The third-order valence-electron chi connectivity index (χ3n) is 4.42. The van der Waals surface area contributed by atoms with Crippen LogP contribution in [0.1, 0.15) is 10.4 Å². The van der Waals surface area contributed by atoms with Crippen molar-refractivity contribution in [2.75, 3.05) is 31.0 Å². The Kier molecular flexibility index (Phi) is 5.44. The molecule has 1 aliphatic heterocycles. The minimum Gasteiger partial charge on any atom is -0.497 e. The number of rotatable bonds is 5. The van der Waals surface area contributed by atoms with Gasteiger partial charge in [-0.2, -0.15) is 0 Å². The lowest BCUT2D eigenvalue weighted by Crippen LogP contribution is -2.17. The Morgan fingerprint density at radius 3 is 2.38 bits per heavy atom. The Hall–Kier alpha value is -3.38. The lowest BCUT2D eigenvalue weighted by molar-refractivity contribution is 0.102. The van der Waals surface area contributed by atoms with Gasteiger partial charge in [0.1, 0.15) is 19.0 Å². The van der Waals surface area contributed by atoms with E-state index >= 15 is 0 Å². The largest absolute Gasteiger partial charge is 0.497 e. The molecule has 0 atom stereocenters. The number of para-hydroxylation sites is 1. The molecule has 1 heterocycles. The fraction of sp³-hybridized carbons (Fsp3) is 0.136. The molecule has 0 spiro atoms. The number of hydrogen-bond acceptors (Lipinski definition) is 5. The molecule has 6 nitrogen and oxygen atoms in total. The molecule has 0 radical (unpaired) electrons. The number of benzene rings is 3. The van der Waals surface area contributed by atoms with Gasteiger partial charge in [-0.3, -0.25) is 4.79 Å². The van der Waals surface area contributed by atoms with Gasteiger partial charge in [0.25, 0.3) is 5.91 Å². The summed E-state index contributed by atoms with van der Waals surface area (Å²) in [6.45, 7) is 0.927. The van der Waals surface area contributed by atoms with Crippen molar-refractivity contribution in [1.29, 1.82) is 0 Å². The van der Waals surface area contributed by atoms with Gasteiger partial charge in [0.2, 0.25) is 0 Å². The molecule has 0 fully saturated rings. The molecular formula is C22H19ClN2O4. The Labute approximate surface area is 173 Å². The third kappa shape index (κ3) is 4.22. The maximum absolute atomic E-state index is 12.9. The average molecular weight is 411 g/mol. The van der Waals surface area contributed by atoms with E-state index in [1.807, 2.05) is 36.4 Å². The number of carbonyl (C=O) groups is 1. The number of fused-ring (bicyclic) bond motifs is 1. The second kappa shape index (κ2) is 8.32. The standard InChI is InChI=1S/C22H19ClN2O4/c1-27-15-8-6-14(7-9-15)24-18-5-3-2-4-16(18)22(26)25-19-13-21-20(12-17(19)23)28-10-11-29-21/h2-9,12-13,24H,10-11H2,1H3,(H,25,26). The predicted molar refractivity (Wildman–Crippen MR) is 113 cm³/mol. The zero-order valence-electron chi connectivity index (χ0n) is 15.7. The van der Waals surface area contributed by atoms with Gasteiger partial charge >= 0.3 is 0 Å². The number of amides is 1. The van der Waals surface area contributed by atoms with Gasteiger partial charge in [0, 0.05) is 17.8 Å². The van der Waals surface area contributed by atoms with Crippen LogP contribution < -0.4 is 24.8 Å². The van der Waals surface area contributed by atoms with Gasteiger partial charge in [0.15, 0.2) is 11.5 Å². The highest BCUT2D eigenvalue weighted by atomic mass is 35.5. The molecule has 1 amide bonds. The lowest BCUT2D eigenvalue weighted by Gasteiger charge is -2.20. The number of methoxy groups -OCH3 is 1. The maximum Gasteiger partial charge on any atom is 0.257 e. The van der Waals surface area contributed by atoms with Crippen molar-refractivity contribution in [1.82, 2.24) is 0 Å². The zero-order valence-corrected chi connectivity index (χ0v) is 16.5. The monoisotopic (exact) mass is 410 g/mol. The summed E-state index contributed by atoms with van der Waals surface area (Å²) in [5.74, 6) is 1.59. The molecule has 7 heteroatoms. The van der Waals surface area contributed by atoms with Crippen molar-refractivity contribution in [3.05, 3.63) is 71.2 Å². The molecule has 29 heavy (non-hydrogen) atoms. The molecule has 0 unspecified atom stereocenters. The molecular weight excluding hydrogens is 392 g/mol. The number of nitrogens with one attached hydrogen (secondary N) is 2. The van der Waals surface area contributed by atoms with Crippen molar-refractivity contribution in [3.8, 4) is 17.2 Å². The van der Waals surface area contributed by atoms with Gasteiger partial charge in [-0.15, -0.1) is 0 Å². The molecule has 4 rings (SSSR count). The molecule has 0 aromatic heterocycles. The quantitative estimate of drug-likeness (QED) is 0.611. The van der Waals surface area contributed by atoms with Crippen LogP contribution in [0, 0.1) is 0 Å². The average Bonchev–Trinajstić information content (AvgIpc) is 2.75. The van der Waals surface area contributed by atoms with Gasteiger partial charge in [-0.25, -0.2) is 0 Å². The van der Waals surface area contributed by atoms with Crippen LogP contribution >= 0.6 is 11.6 Å². The van der Waals surface area contributed by atoms with Crippen molar-refractivity contribution in [2.24, 2.45) is 0 Å². The summed E-state index contributed by atoms with van der Waals surface area (Å²) in [7, 11) is 1.62. The van der Waals surface area contributed by atoms with Crippen LogP contribution in [0.4, 0.5) is 17.1 Å². The maximum atomic E-state index is 12.9. The molecule has 3 aromatic rings. The van der Waals surface area contributed by atoms with Crippen LogP contribution in [0.25, 0.3) is 0 Å². The fourth-order valence-corrected chi connectivity index (χ4v) is 3.17. The van der Waals surface area contributed by atoms with Crippen LogP contribution in [0.2, 0.25) is 5.02 Å². The highest BCUT2D eigenvalue weighted by molar-refractivity contribution is 6.34. The smallest absolute Gasteiger partial charge is 0.257 e. The van der Waals surface area contributed by atoms with Gasteiger partial charge < -0.3 is 24.8 Å². The number of halogens is 1. The zero-order chi connectivity index (χ0) is 20.2. The van der Waals surface area contributed by atoms with E-state index < -0.39 is 0 Å². The minimum absolute atomic E-state index is 0.291. The number of anilines is 3. The first kappa shape index (κ1) is 19.0. The predicted octanol–water partition coefficient (Wildman–Crippen LogP) is 5.12. The van der Waals surface area contributed by atoms with E-state index in [-0.39, 0.29) is 5.91 Å². The summed E-state index contributed by atoms with van der Waals surface area (Å²) in [6.07, 6.45) is 0. The third-order valence-corrected chi connectivity index (χ3v) is 4.73. The summed E-state index contributed by atoms with van der Waals surface area (Å²) in [6, 6.07) is 18.0. The van der Waals surface area contributed by atoms with Gasteiger partial charge in [-0.1, -0.05) is 23.7 Å². The van der Waals surface area contributed by atoms with E-state index in [2.05, 4.69) is 10.6 Å². The highest BCUT2D eigenvalue weighted by Gasteiger charge is 2.18. The van der Waals surface area contributed by atoms with Crippen LogP contribution in [-0.4, -0.2) is 26.2 Å². The molecule has 0 saturated heterocycles. The van der Waals surface area contributed by atoms with Gasteiger partial charge in [0.05, 0.1) is 29.1 Å². The minimum atomic E-state index is -0.291. The highest BCUT2D eigenvalue weighted by Crippen LogP contribution is 2.38. The van der Waals surface area contributed by atoms with E-state index in [1.54, 1.807) is 31.4 Å². The summed E-state index contributed by atoms with van der Waals surface area (Å²) in [5, 5.41) is 6.49. The second-order valence-corrected chi connectivity index (χ2v) is 6.74. The van der Waals surface area contributed by atoms with E-state index in [9.17, 15) is 4.79 Å². The molecule has 0 bridgehead atoms.